The minimum atomic E-state index is -0.0159. The third-order valence-corrected chi connectivity index (χ3v) is 2.92. The van der Waals surface area contributed by atoms with E-state index in [9.17, 15) is 4.79 Å². The van der Waals surface area contributed by atoms with Gasteiger partial charge in [0, 0.05) is 23.2 Å². The molecule has 0 atom stereocenters. The molecule has 0 aromatic heterocycles. The van der Waals surface area contributed by atoms with Crippen LogP contribution in [0.3, 0.4) is 0 Å². The maximum absolute atomic E-state index is 11.6. The zero-order valence-electron chi connectivity index (χ0n) is 10.5. The second-order valence-electron chi connectivity index (χ2n) is 3.78. The van der Waals surface area contributed by atoms with Crippen LogP contribution in [-0.4, -0.2) is 25.5 Å². The number of carbonyl (C=O) groups is 1. The Kier molecular flexibility index (Phi) is 5.66. The number of likely N-dealkylation sites (N-methyl/N-ethyl adjacent to an activating group) is 2. The van der Waals surface area contributed by atoms with Gasteiger partial charge < -0.3 is 10.2 Å². The molecule has 0 aliphatic rings. The molecule has 1 amide bonds. The quantitative estimate of drug-likeness (QED) is 0.908. The highest BCUT2D eigenvalue weighted by molar-refractivity contribution is 9.10. The fourth-order valence-corrected chi connectivity index (χ4v) is 2.11. The Hall–Kier alpha value is -1.54. The van der Waals surface area contributed by atoms with Gasteiger partial charge in [-0.2, -0.15) is 5.26 Å². The molecular weight excluding hydrogens is 294 g/mol. The van der Waals surface area contributed by atoms with Crippen LogP contribution in [-0.2, 0) is 4.79 Å². The summed E-state index contributed by atoms with van der Waals surface area (Å²) >= 11 is 3.37. The number of anilines is 1. The molecular formula is C13H16BrN3O. The minimum absolute atomic E-state index is 0.0159. The average Bonchev–Trinajstić information content (AvgIpc) is 2.35. The van der Waals surface area contributed by atoms with E-state index in [0.717, 1.165) is 10.2 Å². The summed E-state index contributed by atoms with van der Waals surface area (Å²) in [7, 11) is 0. The van der Waals surface area contributed by atoms with Crippen LogP contribution in [0.2, 0.25) is 0 Å². The summed E-state index contributed by atoms with van der Waals surface area (Å²) < 4.78 is 0.839. The van der Waals surface area contributed by atoms with Crippen LogP contribution in [0.5, 0.6) is 0 Å². The lowest BCUT2D eigenvalue weighted by molar-refractivity contribution is -0.119. The standard InChI is InChI=1S/C13H16BrN3O/c1-3-16-13(18)9-17(4-2)12-6-10(8-15)5-11(14)7-12/h5-7H,3-4,9H2,1-2H3,(H,16,18). The largest absolute Gasteiger partial charge is 0.362 e. The first kappa shape index (κ1) is 14.5. The molecule has 18 heavy (non-hydrogen) atoms. The van der Waals surface area contributed by atoms with Crippen molar-refractivity contribution in [1.82, 2.24) is 5.32 Å². The van der Waals surface area contributed by atoms with Crippen molar-refractivity contribution in [2.45, 2.75) is 13.8 Å². The average molecular weight is 310 g/mol. The number of nitriles is 1. The van der Waals surface area contributed by atoms with Crippen molar-refractivity contribution in [3.05, 3.63) is 28.2 Å². The minimum Gasteiger partial charge on any atom is -0.362 e. The first-order chi connectivity index (χ1) is 8.60. The van der Waals surface area contributed by atoms with Gasteiger partial charge in [0.15, 0.2) is 0 Å². The Balaban J connectivity index is 2.91. The summed E-state index contributed by atoms with van der Waals surface area (Å²) in [4.78, 5) is 13.5. The fourth-order valence-electron chi connectivity index (χ4n) is 1.63. The Bertz CT molecular complexity index is 468. The topological polar surface area (TPSA) is 56.1 Å². The van der Waals surface area contributed by atoms with Crippen LogP contribution in [0.15, 0.2) is 22.7 Å². The molecule has 0 heterocycles. The molecule has 0 saturated heterocycles. The zero-order chi connectivity index (χ0) is 13.5. The van der Waals surface area contributed by atoms with E-state index in [1.165, 1.54) is 0 Å². The Morgan fingerprint density at radius 1 is 1.44 bits per heavy atom. The predicted octanol–water partition coefficient (Wildman–Crippen LogP) is 2.28. The smallest absolute Gasteiger partial charge is 0.239 e. The highest BCUT2D eigenvalue weighted by Crippen LogP contribution is 2.22. The van der Waals surface area contributed by atoms with Crippen molar-refractivity contribution in [2.24, 2.45) is 0 Å². The van der Waals surface area contributed by atoms with Crippen molar-refractivity contribution >= 4 is 27.5 Å². The number of rotatable bonds is 5. The number of nitrogens with zero attached hydrogens (tertiary/aromatic N) is 2. The van der Waals surface area contributed by atoms with Gasteiger partial charge >= 0.3 is 0 Å². The molecule has 5 heteroatoms. The molecule has 0 aliphatic carbocycles. The summed E-state index contributed by atoms with van der Waals surface area (Å²) in [5.74, 6) is -0.0159. The third-order valence-electron chi connectivity index (χ3n) is 2.47. The first-order valence-corrected chi connectivity index (χ1v) is 6.62. The van der Waals surface area contributed by atoms with Crippen molar-refractivity contribution in [1.29, 1.82) is 5.26 Å². The highest BCUT2D eigenvalue weighted by Gasteiger charge is 2.10. The monoisotopic (exact) mass is 309 g/mol. The highest BCUT2D eigenvalue weighted by atomic mass is 79.9. The number of nitrogens with one attached hydrogen (secondary N) is 1. The predicted molar refractivity (Wildman–Crippen MR) is 75.4 cm³/mol. The maximum atomic E-state index is 11.6. The van der Waals surface area contributed by atoms with E-state index in [2.05, 4.69) is 27.3 Å². The van der Waals surface area contributed by atoms with Gasteiger partial charge in [-0.3, -0.25) is 4.79 Å². The molecule has 1 rings (SSSR count). The number of hydrogen-bond donors (Lipinski definition) is 1. The van der Waals surface area contributed by atoms with Crippen molar-refractivity contribution in [3.8, 4) is 6.07 Å². The molecule has 0 bridgehead atoms. The second kappa shape index (κ2) is 7.02. The summed E-state index contributed by atoms with van der Waals surface area (Å²) in [6.07, 6.45) is 0. The van der Waals surface area contributed by atoms with Gasteiger partial charge in [-0.15, -0.1) is 0 Å². The van der Waals surface area contributed by atoms with E-state index in [4.69, 9.17) is 5.26 Å². The van der Waals surface area contributed by atoms with E-state index >= 15 is 0 Å². The molecule has 1 aromatic carbocycles. The lowest BCUT2D eigenvalue weighted by Gasteiger charge is -2.22. The molecule has 0 radical (unpaired) electrons. The molecule has 0 aliphatic heterocycles. The van der Waals surface area contributed by atoms with Gasteiger partial charge in [0.05, 0.1) is 18.2 Å². The van der Waals surface area contributed by atoms with Gasteiger partial charge in [-0.1, -0.05) is 15.9 Å². The zero-order valence-corrected chi connectivity index (χ0v) is 12.1. The van der Waals surface area contributed by atoms with Crippen molar-refractivity contribution in [2.75, 3.05) is 24.5 Å². The van der Waals surface area contributed by atoms with Gasteiger partial charge in [0.2, 0.25) is 5.91 Å². The van der Waals surface area contributed by atoms with E-state index in [1.54, 1.807) is 12.1 Å². The number of amides is 1. The summed E-state index contributed by atoms with van der Waals surface area (Å²) in [5.41, 5.74) is 1.45. The lowest BCUT2D eigenvalue weighted by Crippen LogP contribution is -2.37. The first-order valence-electron chi connectivity index (χ1n) is 5.83. The lowest BCUT2D eigenvalue weighted by atomic mass is 10.2. The van der Waals surface area contributed by atoms with Gasteiger partial charge in [-0.25, -0.2) is 0 Å². The molecule has 0 fully saturated rings. The van der Waals surface area contributed by atoms with E-state index in [1.807, 2.05) is 24.8 Å². The summed E-state index contributed by atoms with van der Waals surface area (Å²) in [6.45, 7) is 5.50. The fraction of sp³-hybridized carbons (Fsp3) is 0.385. The van der Waals surface area contributed by atoms with Crippen LogP contribution in [0.25, 0.3) is 0 Å². The maximum Gasteiger partial charge on any atom is 0.239 e. The van der Waals surface area contributed by atoms with Crippen LogP contribution < -0.4 is 10.2 Å². The molecule has 0 unspecified atom stereocenters. The molecule has 1 N–H and O–H groups in total. The number of hydrogen-bond acceptors (Lipinski definition) is 3. The third kappa shape index (κ3) is 4.04. The molecule has 0 saturated carbocycles. The molecule has 96 valence electrons. The molecule has 1 aromatic rings. The number of halogens is 1. The van der Waals surface area contributed by atoms with Gasteiger partial charge in [0.1, 0.15) is 0 Å². The molecule has 4 nitrogen and oxygen atoms in total. The van der Waals surface area contributed by atoms with Crippen LogP contribution in [0, 0.1) is 11.3 Å². The Labute approximate surface area is 116 Å². The Morgan fingerprint density at radius 3 is 2.72 bits per heavy atom. The van der Waals surface area contributed by atoms with Crippen molar-refractivity contribution in [3.63, 3.8) is 0 Å². The summed E-state index contributed by atoms with van der Waals surface area (Å²) in [6, 6.07) is 7.55. The Morgan fingerprint density at radius 2 is 2.17 bits per heavy atom. The van der Waals surface area contributed by atoms with Crippen molar-refractivity contribution < 1.29 is 4.79 Å². The second-order valence-corrected chi connectivity index (χ2v) is 4.69. The van der Waals surface area contributed by atoms with Gasteiger partial charge in [-0.05, 0) is 32.0 Å². The molecule has 0 spiro atoms. The van der Waals surface area contributed by atoms with Crippen LogP contribution >= 0.6 is 15.9 Å². The van der Waals surface area contributed by atoms with E-state index < -0.39 is 0 Å². The van der Waals surface area contributed by atoms with Crippen LogP contribution in [0.1, 0.15) is 19.4 Å². The normalized spacial score (nSPS) is 9.67. The number of carbonyl (C=O) groups excluding carboxylic acids is 1. The SMILES string of the molecule is CCNC(=O)CN(CC)c1cc(Br)cc(C#N)c1. The van der Waals surface area contributed by atoms with E-state index in [0.29, 0.717) is 25.2 Å². The van der Waals surface area contributed by atoms with E-state index in [-0.39, 0.29) is 5.91 Å². The summed E-state index contributed by atoms with van der Waals surface area (Å²) in [5, 5.41) is 11.7. The number of benzene rings is 1. The van der Waals surface area contributed by atoms with Crippen LogP contribution in [0.4, 0.5) is 5.69 Å². The van der Waals surface area contributed by atoms with Gasteiger partial charge in [0.25, 0.3) is 0 Å².